The van der Waals surface area contributed by atoms with Crippen LogP contribution in [0.25, 0.3) is 0 Å². The summed E-state index contributed by atoms with van der Waals surface area (Å²) in [6.45, 7) is 4.89. The summed E-state index contributed by atoms with van der Waals surface area (Å²) >= 11 is 0. The van der Waals surface area contributed by atoms with E-state index in [4.69, 9.17) is 4.74 Å². The van der Waals surface area contributed by atoms with Gasteiger partial charge in [-0.3, -0.25) is 14.9 Å². The molecule has 1 atom stereocenters. The Morgan fingerprint density at radius 3 is 2.41 bits per heavy atom. The van der Waals surface area contributed by atoms with Crippen molar-refractivity contribution in [3.8, 4) is 0 Å². The van der Waals surface area contributed by atoms with E-state index in [-0.39, 0.29) is 11.3 Å². The number of hydrogen-bond donors (Lipinski definition) is 1. The summed E-state index contributed by atoms with van der Waals surface area (Å²) in [6, 6.07) is 11.5. The van der Waals surface area contributed by atoms with Crippen LogP contribution in [0.1, 0.15) is 35.7 Å². The molecule has 1 N–H and O–H groups in total. The Bertz CT molecular complexity index is 920. The van der Waals surface area contributed by atoms with E-state index in [9.17, 15) is 19.7 Å². The van der Waals surface area contributed by atoms with Crippen LogP contribution in [0.5, 0.6) is 0 Å². The number of amides is 1. The van der Waals surface area contributed by atoms with Crippen LogP contribution in [0.3, 0.4) is 0 Å². The van der Waals surface area contributed by atoms with E-state index in [1.165, 1.54) is 19.1 Å². The van der Waals surface area contributed by atoms with Gasteiger partial charge in [-0.15, -0.1) is 0 Å². The van der Waals surface area contributed by atoms with Crippen molar-refractivity contribution in [3.63, 3.8) is 0 Å². The SMILES string of the molecule is Cc1ccc(NC(=O)[C@@H](C)OC(=O)c2ccc(N3CCCC3)c([N+](=O)[O-])c2)cc1. The molecular formula is C21H23N3O5. The summed E-state index contributed by atoms with van der Waals surface area (Å²) in [7, 11) is 0. The number of anilines is 2. The number of rotatable bonds is 6. The normalized spacial score (nSPS) is 14.3. The van der Waals surface area contributed by atoms with Gasteiger partial charge in [-0.05, 0) is 51.0 Å². The van der Waals surface area contributed by atoms with Gasteiger partial charge >= 0.3 is 5.97 Å². The molecule has 1 heterocycles. The molecule has 1 aliphatic heterocycles. The quantitative estimate of drug-likeness (QED) is 0.453. The predicted molar refractivity (Wildman–Crippen MR) is 109 cm³/mol. The van der Waals surface area contributed by atoms with Gasteiger partial charge in [-0.2, -0.15) is 0 Å². The molecule has 0 radical (unpaired) electrons. The second-order valence-corrected chi connectivity index (χ2v) is 7.06. The molecule has 2 aromatic carbocycles. The smallest absolute Gasteiger partial charge is 0.339 e. The van der Waals surface area contributed by atoms with Crippen LogP contribution in [0.2, 0.25) is 0 Å². The van der Waals surface area contributed by atoms with Crippen molar-refractivity contribution >= 4 is 28.9 Å². The van der Waals surface area contributed by atoms with Crippen LogP contribution < -0.4 is 10.2 Å². The van der Waals surface area contributed by atoms with Crippen molar-refractivity contribution in [1.29, 1.82) is 0 Å². The number of nitro benzene ring substituents is 1. The van der Waals surface area contributed by atoms with E-state index in [0.717, 1.165) is 31.5 Å². The number of carbonyl (C=O) groups excluding carboxylic acids is 2. The Hall–Kier alpha value is -3.42. The third kappa shape index (κ3) is 4.90. The van der Waals surface area contributed by atoms with E-state index in [0.29, 0.717) is 11.4 Å². The van der Waals surface area contributed by atoms with Gasteiger partial charge in [0, 0.05) is 24.8 Å². The van der Waals surface area contributed by atoms with E-state index in [2.05, 4.69) is 5.32 Å². The van der Waals surface area contributed by atoms with E-state index < -0.39 is 22.9 Å². The predicted octanol–water partition coefficient (Wildman–Crippen LogP) is 3.69. The van der Waals surface area contributed by atoms with Gasteiger partial charge in [0.05, 0.1) is 10.5 Å². The summed E-state index contributed by atoms with van der Waals surface area (Å²) in [6.07, 6.45) is 0.907. The minimum atomic E-state index is -1.05. The zero-order chi connectivity index (χ0) is 21.0. The first-order valence-electron chi connectivity index (χ1n) is 9.47. The lowest BCUT2D eigenvalue weighted by Gasteiger charge is -2.18. The maximum Gasteiger partial charge on any atom is 0.339 e. The highest BCUT2D eigenvalue weighted by molar-refractivity contribution is 5.97. The van der Waals surface area contributed by atoms with Gasteiger partial charge in [0.25, 0.3) is 11.6 Å². The molecule has 0 saturated carbocycles. The lowest BCUT2D eigenvalue weighted by Crippen LogP contribution is -2.30. The first kappa shape index (κ1) is 20.3. The highest BCUT2D eigenvalue weighted by Gasteiger charge is 2.25. The standard InChI is InChI=1S/C21H23N3O5/c1-14-5-8-17(9-6-14)22-20(25)15(2)29-21(26)16-7-10-18(19(13-16)24(27)28)23-11-3-4-12-23/h5-10,13,15H,3-4,11-12H2,1-2H3,(H,22,25)/t15-/m1/s1. The molecule has 0 spiro atoms. The largest absolute Gasteiger partial charge is 0.449 e. The first-order chi connectivity index (χ1) is 13.8. The van der Waals surface area contributed by atoms with Crippen LogP contribution in [0.4, 0.5) is 17.1 Å². The summed E-state index contributed by atoms with van der Waals surface area (Å²) < 4.78 is 5.21. The molecule has 8 nitrogen and oxygen atoms in total. The molecule has 2 aromatic rings. The lowest BCUT2D eigenvalue weighted by atomic mass is 10.1. The third-order valence-corrected chi connectivity index (χ3v) is 4.83. The lowest BCUT2D eigenvalue weighted by molar-refractivity contribution is -0.384. The molecule has 0 bridgehead atoms. The first-order valence-corrected chi connectivity index (χ1v) is 9.47. The fourth-order valence-corrected chi connectivity index (χ4v) is 3.18. The fourth-order valence-electron chi connectivity index (χ4n) is 3.18. The van der Waals surface area contributed by atoms with Crippen LogP contribution in [-0.4, -0.2) is 36.0 Å². The summed E-state index contributed by atoms with van der Waals surface area (Å²) in [5.74, 6) is -1.27. The van der Waals surface area contributed by atoms with Crippen LogP contribution in [-0.2, 0) is 9.53 Å². The highest BCUT2D eigenvalue weighted by atomic mass is 16.6. The van der Waals surface area contributed by atoms with Crippen molar-refractivity contribution in [1.82, 2.24) is 0 Å². The fraction of sp³-hybridized carbons (Fsp3) is 0.333. The van der Waals surface area contributed by atoms with Gasteiger partial charge in [0.1, 0.15) is 5.69 Å². The Kier molecular flexibility index (Phi) is 6.11. The molecule has 8 heteroatoms. The molecule has 0 aromatic heterocycles. The Morgan fingerprint density at radius 1 is 1.14 bits per heavy atom. The number of esters is 1. The average Bonchev–Trinajstić information content (AvgIpc) is 3.23. The molecule has 3 rings (SSSR count). The van der Waals surface area contributed by atoms with E-state index in [1.54, 1.807) is 18.2 Å². The summed E-state index contributed by atoms with van der Waals surface area (Å²) in [4.78, 5) is 37.6. The highest BCUT2D eigenvalue weighted by Crippen LogP contribution is 2.32. The van der Waals surface area contributed by atoms with E-state index in [1.807, 2.05) is 24.0 Å². The van der Waals surface area contributed by atoms with Crippen LogP contribution in [0.15, 0.2) is 42.5 Å². The Balaban J connectivity index is 1.69. The molecule has 0 aliphatic carbocycles. The zero-order valence-corrected chi connectivity index (χ0v) is 16.4. The number of nitro groups is 1. The zero-order valence-electron chi connectivity index (χ0n) is 16.4. The second kappa shape index (κ2) is 8.72. The summed E-state index contributed by atoms with van der Waals surface area (Å²) in [5, 5.41) is 14.1. The number of ether oxygens (including phenoxy) is 1. The number of benzene rings is 2. The van der Waals surface area contributed by atoms with Gasteiger partial charge in [-0.25, -0.2) is 4.79 Å². The third-order valence-electron chi connectivity index (χ3n) is 4.83. The number of nitrogens with zero attached hydrogens (tertiary/aromatic N) is 2. The van der Waals surface area contributed by atoms with Crippen molar-refractivity contribution in [3.05, 3.63) is 63.7 Å². The molecule has 1 saturated heterocycles. The van der Waals surface area contributed by atoms with Crippen molar-refractivity contribution in [2.45, 2.75) is 32.8 Å². The molecule has 1 fully saturated rings. The second-order valence-electron chi connectivity index (χ2n) is 7.06. The molecule has 29 heavy (non-hydrogen) atoms. The van der Waals surface area contributed by atoms with Crippen LogP contribution in [0, 0.1) is 17.0 Å². The average molecular weight is 397 g/mol. The number of carbonyl (C=O) groups is 2. The van der Waals surface area contributed by atoms with Gasteiger partial charge in [-0.1, -0.05) is 17.7 Å². The molecule has 1 aliphatic rings. The van der Waals surface area contributed by atoms with Crippen LogP contribution >= 0.6 is 0 Å². The van der Waals surface area contributed by atoms with E-state index >= 15 is 0 Å². The van der Waals surface area contributed by atoms with Gasteiger partial charge in [0.15, 0.2) is 6.10 Å². The van der Waals surface area contributed by atoms with Gasteiger partial charge < -0.3 is 15.0 Å². The molecule has 1 amide bonds. The van der Waals surface area contributed by atoms with Gasteiger partial charge in [0.2, 0.25) is 0 Å². The maximum atomic E-state index is 12.4. The Morgan fingerprint density at radius 2 is 1.79 bits per heavy atom. The van der Waals surface area contributed by atoms with Crippen molar-refractivity contribution in [2.24, 2.45) is 0 Å². The summed E-state index contributed by atoms with van der Waals surface area (Å²) in [5.41, 5.74) is 2.04. The number of nitrogens with one attached hydrogen (secondary N) is 1. The van der Waals surface area contributed by atoms with Crippen molar-refractivity contribution < 1.29 is 19.2 Å². The van der Waals surface area contributed by atoms with Crippen molar-refractivity contribution in [2.75, 3.05) is 23.3 Å². The monoisotopic (exact) mass is 397 g/mol. The topological polar surface area (TPSA) is 102 Å². The minimum absolute atomic E-state index is 0.0367. The maximum absolute atomic E-state index is 12.4. The molecule has 152 valence electrons. The molecular weight excluding hydrogens is 374 g/mol. The number of aryl methyl sites for hydroxylation is 1. The minimum Gasteiger partial charge on any atom is -0.449 e. The Labute approximate surface area is 168 Å². The molecule has 0 unspecified atom stereocenters. The number of hydrogen-bond acceptors (Lipinski definition) is 6.